The number of hydrogen-bond donors (Lipinski definition) is 1. The van der Waals surface area contributed by atoms with Crippen LogP contribution in [-0.4, -0.2) is 25.7 Å². The van der Waals surface area contributed by atoms with Crippen LogP contribution in [0.25, 0.3) is 11.4 Å². The molecule has 6 nitrogen and oxygen atoms in total. The molecule has 0 saturated heterocycles. The second kappa shape index (κ2) is 7.37. The summed E-state index contributed by atoms with van der Waals surface area (Å²) in [5, 5.41) is 11.7. The van der Waals surface area contributed by atoms with Gasteiger partial charge < -0.3 is 9.88 Å². The number of fused-ring (bicyclic) bond motifs is 1. The van der Waals surface area contributed by atoms with Gasteiger partial charge >= 0.3 is 0 Å². The van der Waals surface area contributed by atoms with Gasteiger partial charge in [0.2, 0.25) is 0 Å². The van der Waals surface area contributed by atoms with Gasteiger partial charge in [-0.05, 0) is 47.0 Å². The molecular formula is C19H18BrN5O. The lowest BCUT2D eigenvalue weighted by Crippen LogP contribution is -2.12. The largest absolute Gasteiger partial charge is 0.322 e. The molecule has 0 saturated carbocycles. The molecule has 7 heteroatoms. The van der Waals surface area contributed by atoms with E-state index in [0.29, 0.717) is 5.56 Å². The molecule has 1 N–H and O–H groups in total. The summed E-state index contributed by atoms with van der Waals surface area (Å²) in [5.74, 6) is 1.71. The Morgan fingerprint density at radius 1 is 1.12 bits per heavy atom. The molecule has 26 heavy (non-hydrogen) atoms. The summed E-state index contributed by atoms with van der Waals surface area (Å²) < 4.78 is 2.97. The van der Waals surface area contributed by atoms with E-state index in [1.54, 1.807) is 18.5 Å². The Hall–Kier alpha value is -2.54. The third kappa shape index (κ3) is 3.53. The second-order valence-corrected chi connectivity index (χ2v) is 7.24. The fraction of sp³-hybridized carbons (Fsp3) is 0.263. The predicted octanol–water partition coefficient (Wildman–Crippen LogP) is 4.08. The van der Waals surface area contributed by atoms with Gasteiger partial charge in [0, 0.05) is 41.1 Å². The van der Waals surface area contributed by atoms with Crippen molar-refractivity contribution in [1.29, 1.82) is 0 Å². The van der Waals surface area contributed by atoms with Crippen molar-refractivity contribution in [3.05, 3.63) is 58.6 Å². The van der Waals surface area contributed by atoms with E-state index in [2.05, 4.69) is 41.0 Å². The summed E-state index contributed by atoms with van der Waals surface area (Å²) in [4.78, 5) is 16.5. The Labute approximate surface area is 159 Å². The molecule has 0 unspecified atom stereocenters. The molecule has 0 aliphatic carbocycles. The Morgan fingerprint density at radius 3 is 2.92 bits per heavy atom. The highest BCUT2D eigenvalue weighted by Crippen LogP contribution is 2.25. The topological polar surface area (TPSA) is 72.7 Å². The van der Waals surface area contributed by atoms with Gasteiger partial charge in [0.1, 0.15) is 5.82 Å². The lowest BCUT2D eigenvalue weighted by molar-refractivity contribution is 0.102. The van der Waals surface area contributed by atoms with E-state index in [9.17, 15) is 4.79 Å². The van der Waals surface area contributed by atoms with Crippen molar-refractivity contribution in [3.63, 3.8) is 0 Å². The second-order valence-electron chi connectivity index (χ2n) is 6.33. The molecule has 0 fully saturated rings. The number of hydrogen-bond acceptors (Lipinski definition) is 4. The zero-order valence-corrected chi connectivity index (χ0v) is 15.7. The van der Waals surface area contributed by atoms with E-state index < -0.39 is 0 Å². The third-order valence-corrected chi connectivity index (χ3v) is 4.89. The zero-order chi connectivity index (χ0) is 17.9. The van der Waals surface area contributed by atoms with Crippen molar-refractivity contribution in [2.75, 3.05) is 5.32 Å². The number of amides is 1. The number of halogens is 1. The van der Waals surface area contributed by atoms with Gasteiger partial charge in [0.15, 0.2) is 5.82 Å². The molecule has 0 atom stereocenters. The van der Waals surface area contributed by atoms with Crippen LogP contribution >= 0.6 is 15.9 Å². The van der Waals surface area contributed by atoms with Gasteiger partial charge in [0.05, 0.1) is 5.56 Å². The minimum absolute atomic E-state index is 0.198. The predicted molar refractivity (Wildman–Crippen MR) is 103 cm³/mol. The van der Waals surface area contributed by atoms with Gasteiger partial charge in [-0.1, -0.05) is 18.6 Å². The number of nitrogens with zero attached hydrogens (tertiary/aromatic N) is 4. The first-order valence-electron chi connectivity index (χ1n) is 8.65. The summed E-state index contributed by atoms with van der Waals surface area (Å²) in [7, 11) is 0. The van der Waals surface area contributed by atoms with E-state index in [1.807, 2.05) is 24.3 Å². The van der Waals surface area contributed by atoms with Crippen LogP contribution < -0.4 is 5.32 Å². The van der Waals surface area contributed by atoms with Crippen LogP contribution in [0.1, 0.15) is 35.4 Å². The van der Waals surface area contributed by atoms with E-state index in [1.165, 1.54) is 6.42 Å². The van der Waals surface area contributed by atoms with E-state index in [-0.39, 0.29) is 5.91 Å². The fourth-order valence-electron chi connectivity index (χ4n) is 3.17. The number of anilines is 1. The Bertz CT molecular complexity index is 953. The highest BCUT2D eigenvalue weighted by Gasteiger charge is 2.16. The number of carbonyl (C=O) groups excluding carboxylic acids is 1. The van der Waals surface area contributed by atoms with Crippen LogP contribution in [0.3, 0.4) is 0 Å². The van der Waals surface area contributed by atoms with Gasteiger partial charge in [-0.2, -0.15) is 0 Å². The quantitative estimate of drug-likeness (QED) is 0.704. The van der Waals surface area contributed by atoms with Crippen LogP contribution in [0.4, 0.5) is 5.69 Å². The maximum Gasteiger partial charge on any atom is 0.257 e. The van der Waals surface area contributed by atoms with Crippen LogP contribution in [0.5, 0.6) is 0 Å². The molecule has 3 heterocycles. The van der Waals surface area contributed by atoms with Gasteiger partial charge in [0.25, 0.3) is 5.91 Å². The van der Waals surface area contributed by atoms with E-state index in [0.717, 1.165) is 53.2 Å². The molecule has 0 bridgehead atoms. The standard InChI is InChI=1S/C19H18BrN5O/c20-15-9-14(11-21-12-15)19(26)22-16-6-4-5-13(10-16)18-24-23-17-7-2-1-3-8-25(17)18/h4-6,9-12H,1-3,7-8H2,(H,22,26). The Morgan fingerprint density at radius 2 is 2.04 bits per heavy atom. The van der Waals surface area contributed by atoms with Crippen LogP contribution in [0.2, 0.25) is 0 Å². The first-order valence-corrected chi connectivity index (χ1v) is 9.44. The molecular weight excluding hydrogens is 394 g/mol. The van der Waals surface area contributed by atoms with Gasteiger partial charge in [-0.25, -0.2) is 0 Å². The monoisotopic (exact) mass is 411 g/mol. The molecule has 2 aromatic heterocycles. The zero-order valence-electron chi connectivity index (χ0n) is 14.2. The number of nitrogens with one attached hydrogen (secondary N) is 1. The minimum Gasteiger partial charge on any atom is -0.322 e. The van der Waals surface area contributed by atoms with E-state index >= 15 is 0 Å². The van der Waals surface area contributed by atoms with E-state index in [4.69, 9.17) is 0 Å². The number of aryl methyl sites for hydroxylation is 1. The first kappa shape index (κ1) is 16.9. The van der Waals surface area contributed by atoms with Crippen molar-refractivity contribution in [1.82, 2.24) is 19.7 Å². The van der Waals surface area contributed by atoms with Gasteiger partial charge in [-0.15, -0.1) is 10.2 Å². The SMILES string of the molecule is O=C(Nc1cccc(-c2nnc3n2CCCCC3)c1)c1cncc(Br)c1. The molecule has 0 radical (unpaired) electrons. The average Bonchev–Trinajstić information content (AvgIpc) is 2.90. The number of rotatable bonds is 3. The fourth-order valence-corrected chi connectivity index (χ4v) is 3.54. The molecule has 1 amide bonds. The summed E-state index contributed by atoms with van der Waals surface area (Å²) in [6.45, 7) is 0.942. The van der Waals surface area contributed by atoms with Crippen molar-refractivity contribution in [2.45, 2.75) is 32.2 Å². The Kier molecular flexibility index (Phi) is 4.79. The summed E-state index contributed by atoms with van der Waals surface area (Å²) in [5.41, 5.74) is 2.18. The lowest BCUT2D eigenvalue weighted by Gasteiger charge is -2.09. The first-order chi connectivity index (χ1) is 12.7. The Balaban J connectivity index is 1.59. The average molecular weight is 412 g/mol. The minimum atomic E-state index is -0.198. The maximum atomic E-state index is 12.4. The smallest absolute Gasteiger partial charge is 0.257 e. The highest BCUT2D eigenvalue weighted by molar-refractivity contribution is 9.10. The maximum absolute atomic E-state index is 12.4. The molecule has 132 valence electrons. The molecule has 3 aromatic rings. The summed E-state index contributed by atoms with van der Waals surface area (Å²) in [6.07, 6.45) is 7.69. The third-order valence-electron chi connectivity index (χ3n) is 4.46. The molecule has 1 aromatic carbocycles. The van der Waals surface area contributed by atoms with Crippen molar-refractivity contribution in [2.24, 2.45) is 0 Å². The molecule has 4 rings (SSSR count). The number of carbonyl (C=O) groups is 1. The summed E-state index contributed by atoms with van der Waals surface area (Å²) in [6, 6.07) is 9.46. The van der Waals surface area contributed by atoms with Crippen molar-refractivity contribution >= 4 is 27.5 Å². The number of aromatic nitrogens is 4. The van der Waals surface area contributed by atoms with Crippen LogP contribution in [-0.2, 0) is 13.0 Å². The number of pyridine rings is 1. The van der Waals surface area contributed by atoms with Crippen molar-refractivity contribution in [3.8, 4) is 11.4 Å². The van der Waals surface area contributed by atoms with Crippen molar-refractivity contribution < 1.29 is 4.79 Å². The normalized spacial score (nSPS) is 13.7. The highest BCUT2D eigenvalue weighted by atomic mass is 79.9. The summed E-state index contributed by atoms with van der Waals surface area (Å²) >= 11 is 3.33. The van der Waals surface area contributed by atoms with Crippen LogP contribution in [0, 0.1) is 0 Å². The van der Waals surface area contributed by atoms with Crippen LogP contribution in [0.15, 0.2) is 47.2 Å². The molecule has 1 aliphatic heterocycles. The lowest BCUT2D eigenvalue weighted by atomic mass is 10.1. The molecule has 1 aliphatic rings. The molecule has 0 spiro atoms. The van der Waals surface area contributed by atoms with Gasteiger partial charge in [-0.3, -0.25) is 9.78 Å². The number of benzene rings is 1.